The molecular weight excluding hydrogens is 224 g/mol. The largest absolute Gasteiger partial charge is 0.370 e. The Morgan fingerprint density at radius 2 is 1.89 bits per heavy atom. The van der Waals surface area contributed by atoms with E-state index in [1.807, 2.05) is 20.8 Å². The Labute approximate surface area is 112 Å². The maximum absolute atomic E-state index is 11.9. The van der Waals surface area contributed by atoms with Crippen molar-refractivity contribution in [2.24, 2.45) is 23.2 Å². The second-order valence-corrected chi connectivity index (χ2v) is 7.35. The maximum Gasteiger partial charge on any atom is 0.163 e. The fourth-order valence-electron chi connectivity index (χ4n) is 2.71. The lowest BCUT2D eigenvalue weighted by Crippen LogP contribution is -2.37. The van der Waals surface area contributed by atoms with Crippen LogP contribution >= 0.6 is 0 Å². The van der Waals surface area contributed by atoms with Crippen LogP contribution < -0.4 is 0 Å². The monoisotopic (exact) mass is 254 g/mol. The highest BCUT2D eigenvalue weighted by Crippen LogP contribution is 2.35. The molecule has 3 atom stereocenters. The minimum absolute atomic E-state index is 0.211. The van der Waals surface area contributed by atoms with Crippen LogP contribution in [0.5, 0.6) is 0 Å². The van der Waals surface area contributed by atoms with Gasteiger partial charge in [0.15, 0.2) is 5.78 Å². The first-order chi connectivity index (χ1) is 8.21. The molecule has 106 valence electrons. The Hall–Kier alpha value is -0.370. The van der Waals surface area contributed by atoms with E-state index in [0.29, 0.717) is 11.8 Å². The van der Waals surface area contributed by atoms with Gasteiger partial charge in [-0.05, 0) is 30.6 Å². The van der Waals surface area contributed by atoms with Gasteiger partial charge in [-0.3, -0.25) is 4.79 Å². The van der Waals surface area contributed by atoms with Crippen molar-refractivity contribution in [1.82, 2.24) is 0 Å². The SMILES string of the molecule is CC1CCC(C(C)C)C(OCC(=O)C(C)(C)C)C1. The Bertz CT molecular complexity index is 275. The van der Waals surface area contributed by atoms with Crippen molar-refractivity contribution in [3.05, 3.63) is 0 Å². The zero-order valence-electron chi connectivity index (χ0n) is 13.0. The molecule has 0 heterocycles. The first-order valence-corrected chi connectivity index (χ1v) is 7.36. The van der Waals surface area contributed by atoms with Gasteiger partial charge in [0, 0.05) is 5.41 Å². The lowest BCUT2D eigenvalue weighted by Gasteiger charge is -2.37. The van der Waals surface area contributed by atoms with E-state index in [-0.39, 0.29) is 23.9 Å². The van der Waals surface area contributed by atoms with Crippen molar-refractivity contribution in [3.8, 4) is 0 Å². The van der Waals surface area contributed by atoms with Gasteiger partial charge in [0.05, 0.1) is 6.10 Å². The second kappa shape index (κ2) is 6.18. The van der Waals surface area contributed by atoms with Gasteiger partial charge in [0.1, 0.15) is 6.61 Å². The van der Waals surface area contributed by atoms with Crippen LogP contribution in [0.2, 0.25) is 0 Å². The smallest absolute Gasteiger partial charge is 0.163 e. The molecule has 0 N–H and O–H groups in total. The maximum atomic E-state index is 11.9. The molecule has 3 unspecified atom stereocenters. The molecule has 0 radical (unpaired) electrons. The van der Waals surface area contributed by atoms with Gasteiger partial charge in [-0.2, -0.15) is 0 Å². The first kappa shape index (κ1) is 15.7. The summed E-state index contributed by atoms with van der Waals surface area (Å²) in [6, 6.07) is 0. The van der Waals surface area contributed by atoms with E-state index in [0.717, 1.165) is 12.3 Å². The highest BCUT2D eigenvalue weighted by molar-refractivity contribution is 5.84. The fraction of sp³-hybridized carbons (Fsp3) is 0.938. The van der Waals surface area contributed by atoms with E-state index in [2.05, 4.69) is 20.8 Å². The molecule has 0 amide bonds. The number of ketones is 1. The quantitative estimate of drug-likeness (QED) is 0.755. The van der Waals surface area contributed by atoms with Crippen LogP contribution in [-0.2, 0) is 9.53 Å². The Morgan fingerprint density at radius 3 is 2.39 bits per heavy atom. The van der Waals surface area contributed by atoms with E-state index < -0.39 is 0 Å². The fourth-order valence-corrected chi connectivity index (χ4v) is 2.71. The Morgan fingerprint density at radius 1 is 1.28 bits per heavy atom. The van der Waals surface area contributed by atoms with Crippen molar-refractivity contribution < 1.29 is 9.53 Å². The van der Waals surface area contributed by atoms with Crippen molar-refractivity contribution in [3.63, 3.8) is 0 Å². The highest BCUT2D eigenvalue weighted by Gasteiger charge is 2.32. The van der Waals surface area contributed by atoms with Crippen LogP contribution in [0.25, 0.3) is 0 Å². The standard InChI is InChI=1S/C16H30O2/c1-11(2)13-8-7-12(3)9-14(13)18-10-15(17)16(4,5)6/h11-14H,7-10H2,1-6H3. The molecule has 0 aromatic rings. The number of carbonyl (C=O) groups excluding carboxylic acids is 1. The van der Waals surface area contributed by atoms with Crippen molar-refractivity contribution in [2.45, 2.75) is 66.9 Å². The molecule has 1 saturated carbocycles. The van der Waals surface area contributed by atoms with Gasteiger partial charge >= 0.3 is 0 Å². The highest BCUT2D eigenvalue weighted by atomic mass is 16.5. The average molecular weight is 254 g/mol. The molecule has 0 aromatic carbocycles. The van der Waals surface area contributed by atoms with Crippen LogP contribution in [0.4, 0.5) is 0 Å². The summed E-state index contributed by atoms with van der Waals surface area (Å²) in [4.78, 5) is 11.9. The predicted molar refractivity (Wildman–Crippen MR) is 75.5 cm³/mol. The van der Waals surface area contributed by atoms with E-state index >= 15 is 0 Å². The van der Waals surface area contributed by atoms with E-state index in [1.54, 1.807) is 0 Å². The third-order valence-electron chi connectivity index (χ3n) is 4.23. The molecule has 0 bridgehead atoms. The van der Waals surface area contributed by atoms with E-state index in [4.69, 9.17) is 4.74 Å². The number of carbonyl (C=O) groups is 1. The lowest BCUT2D eigenvalue weighted by molar-refractivity contribution is -0.136. The third-order valence-corrected chi connectivity index (χ3v) is 4.23. The third kappa shape index (κ3) is 4.38. The summed E-state index contributed by atoms with van der Waals surface area (Å²) in [6.45, 7) is 13.0. The van der Waals surface area contributed by atoms with Gasteiger partial charge in [-0.25, -0.2) is 0 Å². The summed E-state index contributed by atoms with van der Waals surface area (Å²) in [5.74, 6) is 2.21. The number of Topliss-reactive ketones (excluding diaryl/α,β-unsaturated/α-hetero) is 1. The van der Waals surface area contributed by atoms with Gasteiger partial charge in [-0.1, -0.05) is 48.0 Å². The van der Waals surface area contributed by atoms with Gasteiger partial charge in [0.2, 0.25) is 0 Å². The Kier molecular flexibility index (Phi) is 5.39. The minimum atomic E-state index is -0.284. The summed E-state index contributed by atoms with van der Waals surface area (Å²) in [5.41, 5.74) is -0.284. The normalized spacial score (nSPS) is 29.6. The zero-order chi connectivity index (χ0) is 13.9. The van der Waals surface area contributed by atoms with Crippen molar-refractivity contribution in [2.75, 3.05) is 6.61 Å². The molecule has 0 saturated heterocycles. The summed E-state index contributed by atoms with van der Waals surface area (Å²) in [7, 11) is 0. The first-order valence-electron chi connectivity index (χ1n) is 7.36. The summed E-state index contributed by atoms with van der Waals surface area (Å²) < 4.78 is 5.97. The summed E-state index contributed by atoms with van der Waals surface area (Å²) in [6.07, 6.45) is 3.93. The van der Waals surface area contributed by atoms with E-state index in [1.165, 1.54) is 12.8 Å². The van der Waals surface area contributed by atoms with E-state index in [9.17, 15) is 4.79 Å². The van der Waals surface area contributed by atoms with Crippen molar-refractivity contribution >= 4 is 5.78 Å². The molecule has 1 rings (SSSR count). The molecule has 2 heteroatoms. The van der Waals surface area contributed by atoms with Crippen LogP contribution in [0.15, 0.2) is 0 Å². The van der Waals surface area contributed by atoms with Gasteiger partial charge in [0.25, 0.3) is 0 Å². The Balaban J connectivity index is 2.54. The number of rotatable bonds is 4. The number of hydrogen-bond donors (Lipinski definition) is 0. The second-order valence-electron chi connectivity index (χ2n) is 7.35. The molecule has 2 nitrogen and oxygen atoms in total. The topological polar surface area (TPSA) is 26.3 Å². The minimum Gasteiger partial charge on any atom is -0.370 e. The van der Waals surface area contributed by atoms with Crippen LogP contribution in [0, 0.1) is 23.2 Å². The van der Waals surface area contributed by atoms with Crippen LogP contribution in [0.1, 0.15) is 60.8 Å². The molecular formula is C16H30O2. The zero-order valence-corrected chi connectivity index (χ0v) is 13.0. The van der Waals surface area contributed by atoms with Gasteiger partial charge in [-0.15, -0.1) is 0 Å². The summed E-state index contributed by atoms with van der Waals surface area (Å²) in [5, 5.41) is 0. The molecule has 0 spiro atoms. The molecule has 18 heavy (non-hydrogen) atoms. The van der Waals surface area contributed by atoms with Gasteiger partial charge < -0.3 is 4.74 Å². The number of ether oxygens (including phenoxy) is 1. The lowest BCUT2D eigenvalue weighted by atomic mass is 9.75. The average Bonchev–Trinajstić information content (AvgIpc) is 2.24. The predicted octanol–water partition coefficient (Wildman–Crippen LogP) is 4.08. The molecule has 0 aromatic heterocycles. The van der Waals surface area contributed by atoms with Crippen molar-refractivity contribution in [1.29, 1.82) is 0 Å². The summed E-state index contributed by atoms with van der Waals surface area (Å²) >= 11 is 0. The number of hydrogen-bond acceptors (Lipinski definition) is 2. The molecule has 1 aliphatic carbocycles. The van der Waals surface area contributed by atoms with Crippen LogP contribution in [0.3, 0.4) is 0 Å². The molecule has 1 fully saturated rings. The molecule has 1 aliphatic rings. The molecule has 0 aliphatic heterocycles. The van der Waals surface area contributed by atoms with Crippen LogP contribution in [-0.4, -0.2) is 18.5 Å².